The molecule has 1 aromatic carbocycles. The summed E-state index contributed by atoms with van der Waals surface area (Å²) in [7, 11) is 1.85. The topological polar surface area (TPSA) is 51.0 Å². The monoisotopic (exact) mass is 432 g/mol. The zero-order chi connectivity index (χ0) is 18.6. The Bertz CT molecular complexity index is 1060. The number of benzene rings is 1. The van der Waals surface area contributed by atoms with E-state index in [0.717, 1.165) is 51.0 Å². The van der Waals surface area contributed by atoms with Crippen molar-refractivity contribution in [2.45, 2.75) is 26.7 Å². The third-order valence-electron chi connectivity index (χ3n) is 4.78. The van der Waals surface area contributed by atoms with Crippen LogP contribution in [0, 0.1) is 13.8 Å². The van der Waals surface area contributed by atoms with Crippen molar-refractivity contribution in [1.29, 1.82) is 0 Å². The van der Waals surface area contributed by atoms with Crippen molar-refractivity contribution in [3.63, 3.8) is 0 Å². The molecule has 0 N–H and O–H groups in total. The van der Waals surface area contributed by atoms with E-state index >= 15 is 0 Å². The summed E-state index contributed by atoms with van der Waals surface area (Å²) in [5, 5.41) is 5.84. The van der Waals surface area contributed by atoms with Crippen LogP contribution in [-0.2, 0) is 13.5 Å². The first-order valence-corrected chi connectivity index (χ1v) is 9.64. The number of hydrogen-bond donors (Lipinski definition) is 0. The number of pyridine rings is 1. The van der Waals surface area contributed by atoms with E-state index in [0.29, 0.717) is 17.1 Å². The van der Waals surface area contributed by atoms with Crippen LogP contribution in [0.4, 0.5) is 5.69 Å². The molecule has 1 aliphatic heterocycles. The van der Waals surface area contributed by atoms with Crippen molar-refractivity contribution < 1.29 is 4.79 Å². The van der Waals surface area contributed by atoms with E-state index in [1.54, 1.807) is 9.58 Å². The minimum atomic E-state index is -0.0539. The minimum Gasteiger partial charge on any atom is -0.307 e. The molecule has 0 radical (unpaired) electrons. The Morgan fingerprint density at radius 2 is 2.04 bits per heavy atom. The van der Waals surface area contributed by atoms with Gasteiger partial charge in [-0.15, -0.1) is 0 Å². The maximum Gasteiger partial charge on any atom is 0.259 e. The summed E-state index contributed by atoms with van der Waals surface area (Å²) in [6.07, 6.45) is 1.82. The zero-order valence-corrected chi connectivity index (χ0v) is 17.1. The second kappa shape index (κ2) is 6.35. The molecule has 0 spiro atoms. The molecule has 5 nitrogen and oxygen atoms in total. The lowest BCUT2D eigenvalue weighted by Crippen LogP contribution is -2.36. The second-order valence-corrected chi connectivity index (χ2v) is 8.00. The summed E-state index contributed by atoms with van der Waals surface area (Å²) in [5.41, 5.74) is 4.86. The van der Waals surface area contributed by atoms with E-state index < -0.39 is 0 Å². The molecule has 1 amide bonds. The van der Waals surface area contributed by atoms with Gasteiger partial charge in [-0.1, -0.05) is 27.5 Å². The Kier molecular flexibility index (Phi) is 4.28. The number of aromatic nitrogens is 3. The van der Waals surface area contributed by atoms with E-state index in [1.807, 2.05) is 39.1 Å². The summed E-state index contributed by atoms with van der Waals surface area (Å²) in [6.45, 7) is 4.45. The first-order valence-electron chi connectivity index (χ1n) is 8.47. The Morgan fingerprint density at radius 1 is 1.27 bits per heavy atom. The van der Waals surface area contributed by atoms with Crippen molar-refractivity contribution in [3.8, 4) is 0 Å². The molecular formula is C19H18BrClN4O. The molecule has 2 aromatic heterocycles. The van der Waals surface area contributed by atoms with Crippen LogP contribution in [0.1, 0.15) is 33.7 Å². The average Bonchev–Trinajstić information content (AvgIpc) is 2.86. The van der Waals surface area contributed by atoms with Gasteiger partial charge in [0.2, 0.25) is 0 Å². The van der Waals surface area contributed by atoms with Crippen molar-refractivity contribution in [2.75, 3.05) is 11.4 Å². The molecular weight excluding hydrogens is 416 g/mol. The van der Waals surface area contributed by atoms with Crippen LogP contribution in [0.5, 0.6) is 0 Å². The van der Waals surface area contributed by atoms with Gasteiger partial charge in [-0.05, 0) is 50.5 Å². The van der Waals surface area contributed by atoms with Gasteiger partial charge in [0.1, 0.15) is 0 Å². The zero-order valence-electron chi connectivity index (χ0n) is 14.8. The van der Waals surface area contributed by atoms with Crippen LogP contribution in [0.15, 0.2) is 22.7 Å². The molecule has 7 heteroatoms. The maximum atomic E-state index is 13.5. The number of nitrogens with zero attached hydrogens (tertiary/aromatic N) is 4. The molecule has 0 saturated carbocycles. The van der Waals surface area contributed by atoms with E-state index in [9.17, 15) is 4.79 Å². The number of anilines is 1. The van der Waals surface area contributed by atoms with Crippen molar-refractivity contribution in [1.82, 2.24) is 14.8 Å². The lowest BCUT2D eigenvalue weighted by molar-refractivity contribution is 0.0986. The molecule has 1 aliphatic rings. The number of rotatable bonds is 1. The highest BCUT2D eigenvalue weighted by molar-refractivity contribution is 9.10. The molecule has 3 aromatic rings. The maximum absolute atomic E-state index is 13.5. The summed E-state index contributed by atoms with van der Waals surface area (Å²) in [4.78, 5) is 19.9. The Hall–Kier alpha value is -1.92. The summed E-state index contributed by atoms with van der Waals surface area (Å²) >= 11 is 10.00. The van der Waals surface area contributed by atoms with Gasteiger partial charge in [0, 0.05) is 23.8 Å². The molecule has 0 aliphatic carbocycles. The van der Waals surface area contributed by atoms with Gasteiger partial charge in [0.05, 0.1) is 27.4 Å². The number of hydrogen-bond acceptors (Lipinski definition) is 3. The molecule has 4 rings (SSSR count). The van der Waals surface area contributed by atoms with E-state index in [4.69, 9.17) is 11.6 Å². The number of carbonyl (C=O) groups excluding carboxylic acids is 1. The third-order valence-corrected chi connectivity index (χ3v) is 5.52. The first-order chi connectivity index (χ1) is 12.4. The predicted octanol–water partition coefficient (Wildman–Crippen LogP) is 4.59. The Labute approximate surface area is 165 Å². The summed E-state index contributed by atoms with van der Waals surface area (Å²) < 4.78 is 2.66. The van der Waals surface area contributed by atoms with Gasteiger partial charge in [0.25, 0.3) is 5.91 Å². The molecule has 0 fully saturated rings. The Morgan fingerprint density at radius 3 is 2.81 bits per heavy atom. The van der Waals surface area contributed by atoms with Crippen LogP contribution in [0.2, 0.25) is 5.02 Å². The molecule has 3 heterocycles. The fourth-order valence-corrected chi connectivity index (χ4v) is 4.72. The number of carbonyl (C=O) groups is 1. The third kappa shape index (κ3) is 2.72. The molecule has 0 atom stereocenters. The number of fused-ring (bicyclic) bond motifs is 2. The van der Waals surface area contributed by atoms with Gasteiger partial charge in [-0.2, -0.15) is 5.10 Å². The highest BCUT2D eigenvalue weighted by atomic mass is 79.9. The number of halogens is 2. The van der Waals surface area contributed by atoms with Gasteiger partial charge < -0.3 is 4.90 Å². The quantitative estimate of drug-likeness (QED) is 0.564. The van der Waals surface area contributed by atoms with Gasteiger partial charge in [-0.3, -0.25) is 9.48 Å². The average molecular weight is 434 g/mol. The standard InChI is InChI=1S/C19H18BrClN4O/c1-10-7-14(16-11(2)23-24(3)18(16)22-10)19(26)25-6-4-5-12-8-13(20)9-15(21)17(12)25/h7-9H,4-6H2,1-3H3. The van der Waals surface area contributed by atoms with Crippen molar-refractivity contribution in [2.24, 2.45) is 7.05 Å². The highest BCUT2D eigenvalue weighted by Gasteiger charge is 2.29. The summed E-state index contributed by atoms with van der Waals surface area (Å²) in [6, 6.07) is 5.73. The second-order valence-electron chi connectivity index (χ2n) is 6.67. The lowest BCUT2D eigenvalue weighted by Gasteiger charge is -2.31. The van der Waals surface area contributed by atoms with E-state index in [1.165, 1.54) is 0 Å². The van der Waals surface area contributed by atoms with Crippen molar-refractivity contribution >= 4 is 50.2 Å². The number of aryl methyl sites for hydroxylation is 4. The van der Waals surface area contributed by atoms with E-state index in [2.05, 4.69) is 26.0 Å². The molecule has 134 valence electrons. The summed E-state index contributed by atoms with van der Waals surface area (Å²) in [5.74, 6) is -0.0539. The van der Waals surface area contributed by atoms with Crippen LogP contribution >= 0.6 is 27.5 Å². The highest BCUT2D eigenvalue weighted by Crippen LogP contribution is 2.38. The van der Waals surface area contributed by atoms with E-state index in [-0.39, 0.29) is 5.91 Å². The smallest absolute Gasteiger partial charge is 0.259 e. The van der Waals surface area contributed by atoms with Crippen LogP contribution in [0.3, 0.4) is 0 Å². The predicted molar refractivity (Wildman–Crippen MR) is 107 cm³/mol. The first kappa shape index (κ1) is 17.5. The van der Waals surface area contributed by atoms with Crippen LogP contribution in [0.25, 0.3) is 11.0 Å². The van der Waals surface area contributed by atoms with Crippen LogP contribution in [-0.4, -0.2) is 27.2 Å². The molecule has 26 heavy (non-hydrogen) atoms. The Balaban J connectivity index is 1.90. The van der Waals surface area contributed by atoms with Gasteiger partial charge in [0.15, 0.2) is 5.65 Å². The molecule has 0 unspecified atom stereocenters. The largest absolute Gasteiger partial charge is 0.307 e. The number of amides is 1. The van der Waals surface area contributed by atoms with Gasteiger partial charge >= 0.3 is 0 Å². The molecule has 0 bridgehead atoms. The minimum absolute atomic E-state index is 0.0539. The lowest BCUT2D eigenvalue weighted by atomic mass is 10.00. The fourth-order valence-electron chi connectivity index (χ4n) is 3.74. The SMILES string of the molecule is Cc1cc(C(=O)N2CCCc3cc(Br)cc(Cl)c32)c2c(C)nn(C)c2n1. The van der Waals surface area contributed by atoms with Gasteiger partial charge in [-0.25, -0.2) is 4.98 Å². The van der Waals surface area contributed by atoms with Crippen LogP contribution < -0.4 is 4.90 Å². The fraction of sp³-hybridized carbons (Fsp3) is 0.316. The molecule has 0 saturated heterocycles. The normalized spacial score (nSPS) is 14.0. The van der Waals surface area contributed by atoms with Crippen molar-refractivity contribution in [3.05, 3.63) is 50.2 Å².